The van der Waals surface area contributed by atoms with E-state index in [1.807, 2.05) is 13.0 Å². The highest BCUT2D eigenvalue weighted by Gasteiger charge is 2.37. The van der Waals surface area contributed by atoms with Gasteiger partial charge < -0.3 is 10.0 Å². The fourth-order valence-corrected chi connectivity index (χ4v) is 2.70. The summed E-state index contributed by atoms with van der Waals surface area (Å²) >= 11 is 0. The highest BCUT2D eigenvalue weighted by atomic mass is 16.4. The van der Waals surface area contributed by atoms with E-state index in [-0.39, 0.29) is 5.91 Å². The van der Waals surface area contributed by atoms with Crippen LogP contribution in [-0.2, 0) is 9.59 Å². The zero-order valence-electron chi connectivity index (χ0n) is 11.2. The molecular formula is C14H18N2O3. The summed E-state index contributed by atoms with van der Waals surface area (Å²) < 4.78 is 0. The van der Waals surface area contributed by atoms with Gasteiger partial charge in [-0.15, -0.1) is 0 Å². The summed E-state index contributed by atoms with van der Waals surface area (Å²) in [6.07, 6.45) is 4.90. The van der Waals surface area contributed by atoms with Crippen LogP contribution in [0.25, 0.3) is 0 Å². The number of hydrogen-bond donors (Lipinski definition) is 1. The van der Waals surface area contributed by atoms with Crippen LogP contribution in [0.2, 0.25) is 0 Å². The molecule has 2 rings (SSSR count). The van der Waals surface area contributed by atoms with Gasteiger partial charge in [0.05, 0.1) is 12.0 Å². The maximum atomic E-state index is 12.0. The quantitative estimate of drug-likeness (QED) is 0.881. The number of carboxylic acid groups (broad SMARTS) is 1. The summed E-state index contributed by atoms with van der Waals surface area (Å²) in [6, 6.07) is 1.42. The van der Waals surface area contributed by atoms with Crippen molar-refractivity contribution in [3.05, 3.63) is 29.6 Å². The van der Waals surface area contributed by atoms with Crippen molar-refractivity contribution >= 4 is 11.9 Å². The Morgan fingerprint density at radius 2 is 2.26 bits per heavy atom. The van der Waals surface area contributed by atoms with Crippen LogP contribution in [0.1, 0.15) is 36.4 Å². The average Bonchev–Trinajstić information content (AvgIpc) is 2.51. The molecule has 1 amide bonds. The number of carbonyl (C=O) groups is 2. The monoisotopic (exact) mass is 262 g/mol. The first-order valence-electron chi connectivity index (χ1n) is 6.41. The number of aromatic nitrogens is 1. The van der Waals surface area contributed by atoms with Crippen LogP contribution in [0.5, 0.6) is 0 Å². The molecule has 1 fully saturated rings. The molecule has 2 heterocycles. The maximum absolute atomic E-state index is 12.0. The van der Waals surface area contributed by atoms with E-state index in [4.69, 9.17) is 0 Å². The number of aryl methyl sites for hydroxylation is 1. The number of hydrogen-bond acceptors (Lipinski definition) is 3. The largest absolute Gasteiger partial charge is 0.481 e. The minimum absolute atomic E-state index is 0.00277. The molecule has 0 radical (unpaired) electrons. The molecule has 5 heteroatoms. The third-order valence-electron chi connectivity index (χ3n) is 3.81. The Hall–Kier alpha value is -1.91. The van der Waals surface area contributed by atoms with Gasteiger partial charge in [0.2, 0.25) is 5.91 Å². The number of aliphatic carboxylic acids is 1. The molecule has 1 N–H and O–H groups in total. The molecule has 1 aliphatic heterocycles. The van der Waals surface area contributed by atoms with Crippen molar-refractivity contribution < 1.29 is 14.7 Å². The van der Waals surface area contributed by atoms with Gasteiger partial charge in [-0.25, -0.2) is 0 Å². The van der Waals surface area contributed by atoms with E-state index >= 15 is 0 Å². The molecule has 5 nitrogen and oxygen atoms in total. The Morgan fingerprint density at radius 3 is 2.89 bits per heavy atom. The molecule has 19 heavy (non-hydrogen) atoms. The van der Waals surface area contributed by atoms with Gasteiger partial charge in [-0.05, 0) is 37.0 Å². The Balaban J connectivity index is 2.48. The van der Waals surface area contributed by atoms with Crippen LogP contribution in [-0.4, -0.2) is 33.9 Å². The summed E-state index contributed by atoms with van der Waals surface area (Å²) in [5.41, 5.74) is 1.79. The van der Waals surface area contributed by atoms with Crippen molar-refractivity contribution in [2.75, 3.05) is 7.05 Å². The Labute approximate surface area is 112 Å². The van der Waals surface area contributed by atoms with Crippen molar-refractivity contribution in [2.45, 2.75) is 32.2 Å². The third kappa shape index (κ3) is 2.59. The molecule has 1 saturated heterocycles. The lowest BCUT2D eigenvalue weighted by Gasteiger charge is -2.31. The maximum Gasteiger partial charge on any atom is 0.308 e. The molecule has 1 aromatic heterocycles. The molecule has 102 valence electrons. The Kier molecular flexibility index (Phi) is 3.83. The van der Waals surface area contributed by atoms with Crippen molar-refractivity contribution in [3.63, 3.8) is 0 Å². The van der Waals surface area contributed by atoms with Crippen molar-refractivity contribution in [3.8, 4) is 0 Å². The third-order valence-corrected chi connectivity index (χ3v) is 3.81. The number of likely N-dealkylation sites (tertiary alicyclic amines) is 1. The lowest BCUT2D eigenvalue weighted by Crippen LogP contribution is -2.36. The van der Waals surface area contributed by atoms with Gasteiger partial charge in [0.25, 0.3) is 0 Å². The predicted molar refractivity (Wildman–Crippen MR) is 69.5 cm³/mol. The van der Waals surface area contributed by atoms with Crippen LogP contribution in [0, 0.1) is 12.8 Å². The van der Waals surface area contributed by atoms with Crippen LogP contribution in [0.4, 0.5) is 0 Å². The highest BCUT2D eigenvalue weighted by Crippen LogP contribution is 2.35. The Morgan fingerprint density at radius 1 is 1.53 bits per heavy atom. The molecule has 1 aromatic rings. The molecule has 0 saturated carbocycles. The summed E-state index contributed by atoms with van der Waals surface area (Å²) in [5.74, 6) is -1.42. The molecular weight excluding hydrogens is 244 g/mol. The molecule has 0 aliphatic carbocycles. The molecule has 1 aliphatic rings. The van der Waals surface area contributed by atoms with Gasteiger partial charge in [-0.2, -0.15) is 0 Å². The van der Waals surface area contributed by atoms with E-state index in [0.29, 0.717) is 19.3 Å². The second-order valence-electron chi connectivity index (χ2n) is 5.02. The van der Waals surface area contributed by atoms with Crippen LogP contribution in [0.15, 0.2) is 18.5 Å². The van der Waals surface area contributed by atoms with Crippen LogP contribution < -0.4 is 0 Å². The van der Waals surface area contributed by atoms with E-state index in [1.165, 1.54) is 0 Å². The lowest BCUT2D eigenvalue weighted by atomic mass is 9.88. The lowest BCUT2D eigenvalue weighted by molar-refractivity contribution is -0.145. The van der Waals surface area contributed by atoms with E-state index in [0.717, 1.165) is 11.1 Å². The van der Waals surface area contributed by atoms with E-state index < -0.39 is 17.9 Å². The summed E-state index contributed by atoms with van der Waals surface area (Å²) in [7, 11) is 1.68. The molecule has 0 bridgehead atoms. The first-order chi connectivity index (χ1) is 9.02. The number of pyridine rings is 1. The fourth-order valence-electron chi connectivity index (χ4n) is 2.70. The van der Waals surface area contributed by atoms with Crippen LogP contribution in [0.3, 0.4) is 0 Å². The van der Waals surface area contributed by atoms with Gasteiger partial charge in [-0.3, -0.25) is 14.6 Å². The van der Waals surface area contributed by atoms with E-state index in [9.17, 15) is 14.7 Å². The van der Waals surface area contributed by atoms with Crippen molar-refractivity contribution in [2.24, 2.45) is 5.92 Å². The molecule has 2 unspecified atom stereocenters. The summed E-state index contributed by atoms with van der Waals surface area (Å²) in [6.45, 7) is 1.92. The average molecular weight is 262 g/mol. The van der Waals surface area contributed by atoms with Crippen molar-refractivity contribution in [1.82, 2.24) is 9.88 Å². The first-order valence-corrected chi connectivity index (χ1v) is 6.41. The smallest absolute Gasteiger partial charge is 0.308 e. The fraction of sp³-hybridized carbons (Fsp3) is 0.500. The summed E-state index contributed by atoms with van der Waals surface area (Å²) in [4.78, 5) is 29.1. The minimum Gasteiger partial charge on any atom is -0.481 e. The predicted octanol–water partition coefficient (Wildman–Crippen LogP) is 1.77. The van der Waals surface area contributed by atoms with E-state index in [1.54, 1.807) is 24.3 Å². The zero-order chi connectivity index (χ0) is 14.0. The second-order valence-corrected chi connectivity index (χ2v) is 5.02. The minimum atomic E-state index is -0.852. The SMILES string of the molecule is Cc1ccncc1C1C(C(=O)O)CCCC(=O)N1C. The molecule has 0 aromatic carbocycles. The van der Waals surface area contributed by atoms with E-state index in [2.05, 4.69) is 4.98 Å². The van der Waals surface area contributed by atoms with Crippen molar-refractivity contribution in [1.29, 1.82) is 0 Å². The normalized spacial score (nSPS) is 24.1. The van der Waals surface area contributed by atoms with Crippen LogP contribution >= 0.6 is 0 Å². The van der Waals surface area contributed by atoms with Gasteiger partial charge in [-0.1, -0.05) is 0 Å². The second kappa shape index (κ2) is 5.38. The molecule has 0 spiro atoms. The zero-order valence-corrected chi connectivity index (χ0v) is 11.2. The number of nitrogens with zero attached hydrogens (tertiary/aromatic N) is 2. The standard InChI is InChI=1S/C14H18N2O3/c1-9-6-7-15-8-11(9)13-10(14(18)19)4-3-5-12(17)16(13)2/h6-8,10,13H,3-5H2,1-2H3,(H,18,19). The topological polar surface area (TPSA) is 70.5 Å². The number of amides is 1. The number of carboxylic acids is 1. The number of carbonyl (C=O) groups excluding carboxylic acids is 1. The van der Waals surface area contributed by atoms with Gasteiger partial charge in [0.15, 0.2) is 0 Å². The molecule has 2 atom stereocenters. The van der Waals surface area contributed by atoms with Gasteiger partial charge in [0, 0.05) is 25.9 Å². The highest BCUT2D eigenvalue weighted by molar-refractivity contribution is 5.79. The first kappa shape index (κ1) is 13.5. The number of rotatable bonds is 2. The van der Waals surface area contributed by atoms with Gasteiger partial charge >= 0.3 is 5.97 Å². The van der Waals surface area contributed by atoms with Gasteiger partial charge in [0.1, 0.15) is 0 Å². The Bertz CT molecular complexity index is 501. The summed E-state index contributed by atoms with van der Waals surface area (Å²) in [5, 5.41) is 9.43.